The standard InChI is InChI=1S/C23H18Cl2N2O4S/c1-30-18-10-6-15(7-11-18)21-27-23(32(28,29)19-12-8-17(24)9-13-19)22(31-21)26-14-16-4-2-3-5-20(16)25/h2-13,26H,14H2,1H3. The van der Waals surface area contributed by atoms with Gasteiger partial charge < -0.3 is 14.5 Å². The summed E-state index contributed by atoms with van der Waals surface area (Å²) in [5.74, 6) is 0.832. The van der Waals surface area contributed by atoms with Gasteiger partial charge in [-0.05, 0) is 60.2 Å². The van der Waals surface area contributed by atoms with E-state index in [1.807, 2.05) is 18.2 Å². The first-order valence-corrected chi connectivity index (χ1v) is 11.8. The number of ether oxygens (including phenoxy) is 1. The second kappa shape index (κ2) is 9.24. The van der Waals surface area contributed by atoms with E-state index < -0.39 is 9.84 Å². The van der Waals surface area contributed by atoms with E-state index in [1.165, 1.54) is 24.3 Å². The quantitative estimate of drug-likeness (QED) is 0.338. The number of hydrogen-bond acceptors (Lipinski definition) is 6. The van der Waals surface area contributed by atoms with E-state index in [4.69, 9.17) is 32.4 Å². The number of halogens is 2. The fourth-order valence-electron chi connectivity index (χ4n) is 3.00. The lowest BCUT2D eigenvalue weighted by Gasteiger charge is -2.07. The number of anilines is 1. The van der Waals surface area contributed by atoms with E-state index in [0.29, 0.717) is 21.4 Å². The van der Waals surface area contributed by atoms with Gasteiger partial charge in [-0.2, -0.15) is 4.98 Å². The number of rotatable bonds is 7. The maximum Gasteiger partial charge on any atom is 0.234 e. The zero-order valence-corrected chi connectivity index (χ0v) is 19.2. The lowest BCUT2D eigenvalue weighted by atomic mass is 10.2. The molecule has 0 aliphatic rings. The topological polar surface area (TPSA) is 81.4 Å². The van der Waals surface area contributed by atoms with E-state index in [0.717, 1.165) is 5.56 Å². The Labute approximate surface area is 195 Å². The van der Waals surface area contributed by atoms with Gasteiger partial charge in [-0.3, -0.25) is 0 Å². The molecule has 32 heavy (non-hydrogen) atoms. The molecular weight excluding hydrogens is 471 g/mol. The number of hydrogen-bond donors (Lipinski definition) is 1. The average molecular weight is 489 g/mol. The summed E-state index contributed by atoms with van der Waals surface area (Å²) in [6.07, 6.45) is 0. The Morgan fingerprint density at radius 2 is 1.66 bits per heavy atom. The first kappa shape index (κ1) is 22.2. The van der Waals surface area contributed by atoms with E-state index in [-0.39, 0.29) is 28.2 Å². The Bertz CT molecular complexity index is 1340. The van der Waals surface area contributed by atoms with Crippen molar-refractivity contribution in [3.63, 3.8) is 0 Å². The average Bonchev–Trinajstić information content (AvgIpc) is 3.24. The Kier molecular flexibility index (Phi) is 6.41. The first-order valence-electron chi connectivity index (χ1n) is 9.51. The normalized spacial score (nSPS) is 11.3. The van der Waals surface area contributed by atoms with Crippen LogP contribution >= 0.6 is 23.2 Å². The van der Waals surface area contributed by atoms with Gasteiger partial charge in [0.2, 0.25) is 26.6 Å². The molecule has 0 bridgehead atoms. The molecule has 3 aromatic carbocycles. The summed E-state index contributed by atoms with van der Waals surface area (Å²) in [6.45, 7) is 0.250. The third-order valence-electron chi connectivity index (χ3n) is 4.71. The lowest BCUT2D eigenvalue weighted by molar-refractivity contribution is 0.415. The Balaban J connectivity index is 1.76. The minimum absolute atomic E-state index is 0.0192. The van der Waals surface area contributed by atoms with Crippen molar-refractivity contribution in [1.29, 1.82) is 0 Å². The molecule has 0 atom stereocenters. The summed E-state index contributed by atoms with van der Waals surface area (Å²) in [5, 5.41) is 3.79. The van der Waals surface area contributed by atoms with Gasteiger partial charge >= 0.3 is 0 Å². The summed E-state index contributed by atoms with van der Waals surface area (Å²) in [6, 6.07) is 20.1. The fraction of sp³-hybridized carbons (Fsp3) is 0.0870. The van der Waals surface area contributed by atoms with Gasteiger partial charge in [0, 0.05) is 22.2 Å². The van der Waals surface area contributed by atoms with Gasteiger partial charge in [-0.25, -0.2) is 8.42 Å². The van der Waals surface area contributed by atoms with E-state index in [9.17, 15) is 8.42 Å². The highest BCUT2D eigenvalue weighted by Crippen LogP contribution is 2.34. The van der Waals surface area contributed by atoms with Crippen molar-refractivity contribution < 1.29 is 17.6 Å². The summed E-state index contributed by atoms with van der Waals surface area (Å²) in [5.41, 5.74) is 1.38. The van der Waals surface area contributed by atoms with Gasteiger partial charge in [0.1, 0.15) is 5.75 Å². The molecular formula is C23H18Cl2N2O4S. The van der Waals surface area contributed by atoms with Crippen molar-refractivity contribution >= 4 is 38.9 Å². The molecule has 4 rings (SSSR count). The molecule has 6 nitrogen and oxygen atoms in total. The van der Waals surface area contributed by atoms with Gasteiger partial charge in [-0.1, -0.05) is 41.4 Å². The van der Waals surface area contributed by atoms with Gasteiger partial charge in [0.25, 0.3) is 0 Å². The van der Waals surface area contributed by atoms with Gasteiger partial charge in [0.15, 0.2) is 0 Å². The number of nitrogens with zero attached hydrogens (tertiary/aromatic N) is 1. The molecule has 0 spiro atoms. The maximum atomic E-state index is 13.3. The molecule has 0 radical (unpaired) electrons. The van der Waals surface area contributed by atoms with Crippen LogP contribution < -0.4 is 10.1 Å². The molecule has 0 fully saturated rings. The zero-order valence-electron chi connectivity index (χ0n) is 16.9. The molecule has 1 N–H and O–H groups in total. The molecule has 4 aromatic rings. The smallest absolute Gasteiger partial charge is 0.234 e. The number of methoxy groups -OCH3 is 1. The van der Waals surface area contributed by atoms with Crippen LogP contribution in [0.3, 0.4) is 0 Å². The fourth-order valence-corrected chi connectivity index (χ4v) is 4.61. The predicted octanol–water partition coefficient (Wildman–Crippen LogP) is 6.10. The monoisotopic (exact) mass is 488 g/mol. The van der Waals surface area contributed by atoms with E-state index in [1.54, 1.807) is 37.4 Å². The highest BCUT2D eigenvalue weighted by atomic mass is 35.5. The minimum atomic E-state index is -3.98. The molecule has 1 heterocycles. The van der Waals surface area contributed by atoms with Crippen molar-refractivity contribution in [2.24, 2.45) is 0 Å². The van der Waals surface area contributed by atoms with Crippen molar-refractivity contribution in [2.45, 2.75) is 16.5 Å². The summed E-state index contributed by atoms with van der Waals surface area (Å²) >= 11 is 12.1. The van der Waals surface area contributed by atoms with Crippen molar-refractivity contribution in [3.05, 3.63) is 88.4 Å². The van der Waals surface area contributed by atoms with Crippen LogP contribution in [0.4, 0.5) is 5.88 Å². The highest BCUT2D eigenvalue weighted by molar-refractivity contribution is 7.91. The van der Waals surface area contributed by atoms with Crippen LogP contribution in [0.5, 0.6) is 5.75 Å². The summed E-state index contributed by atoms with van der Waals surface area (Å²) in [4.78, 5) is 4.37. The summed E-state index contributed by atoms with van der Waals surface area (Å²) < 4.78 is 37.7. The minimum Gasteiger partial charge on any atom is -0.497 e. The number of aromatic nitrogens is 1. The van der Waals surface area contributed by atoms with Crippen LogP contribution in [-0.4, -0.2) is 20.5 Å². The third kappa shape index (κ3) is 4.60. The lowest BCUT2D eigenvalue weighted by Crippen LogP contribution is -2.07. The molecule has 0 saturated heterocycles. The molecule has 0 unspecified atom stereocenters. The predicted molar refractivity (Wildman–Crippen MR) is 124 cm³/mol. The van der Waals surface area contributed by atoms with Crippen LogP contribution in [0, 0.1) is 0 Å². The SMILES string of the molecule is COc1ccc(-c2nc(S(=O)(=O)c3ccc(Cl)cc3)c(NCc3ccccc3Cl)o2)cc1. The molecule has 0 saturated carbocycles. The second-order valence-corrected chi connectivity index (χ2v) is 9.49. The largest absolute Gasteiger partial charge is 0.497 e. The zero-order chi connectivity index (χ0) is 22.7. The number of nitrogens with one attached hydrogen (secondary N) is 1. The van der Waals surface area contributed by atoms with Crippen LogP contribution in [0.1, 0.15) is 5.56 Å². The second-order valence-electron chi connectivity index (χ2n) is 6.78. The Morgan fingerprint density at radius 1 is 0.969 bits per heavy atom. The van der Waals surface area contributed by atoms with Crippen LogP contribution in [0.25, 0.3) is 11.5 Å². The van der Waals surface area contributed by atoms with E-state index >= 15 is 0 Å². The molecule has 9 heteroatoms. The van der Waals surface area contributed by atoms with Crippen LogP contribution in [-0.2, 0) is 16.4 Å². The van der Waals surface area contributed by atoms with Crippen molar-refractivity contribution in [2.75, 3.05) is 12.4 Å². The molecule has 164 valence electrons. The van der Waals surface area contributed by atoms with Crippen molar-refractivity contribution in [3.8, 4) is 17.2 Å². The maximum absolute atomic E-state index is 13.3. The number of sulfone groups is 1. The summed E-state index contributed by atoms with van der Waals surface area (Å²) in [7, 11) is -2.42. The highest BCUT2D eigenvalue weighted by Gasteiger charge is 2.28. The Hall–Kier alpha value is -3.00. The molecule has 1 aromatic heterocycles. The molecule has 0 aliphatic heterocycles. The van der Waals surface area contributed by atoms with Crippen molar-refractivity contribution in [1.82, 2.24) is 4.98 Å². The molecule has 0 amide bonds. The van der Waals surface area contributed by atoms with Gasteiger partial charge in [0.05, 0.1) is 12.0 Å². The molecule has 0 aliphatic carbocycles. The van der Waals surface area contributed by atoms with Gasteiger partial charge in [-0.15, -0.1) is 0 Å². The van der Waals surface area contributed by atoms with Crippen LogP contribution in [0.2, 0.25) is 10.0 Å². The Morgan fingerprint density at radius 3 is 2.31 bits per heavy atom. The number of oxazole rings is 1. The third-order valence-corrected chi connectivity index (χ3v) is 7.01. The first-order chi connectivity index (χ1) is 15.4. The van der Waals surface area contributed by atoms with E-state index in [2.05, 4.69) is 10.3 Å². The van der Waals surface area contributed by atoms with Crippen LogP contribution in [0.15, 0.2) is 87.1 Å². The number of benzene rings is 3.